The van der Waals surface area contributed by atoms with Gasteiger partial charge >= 0.3 is 0 Å². The largest absolute Gasteiger partial charge is 0.179 e. The van der Waals surface area contributed by atoms with E-state index >= 15 is 0 Å². The minimum Gasteiger partial charge on any atom is -0.179 e. The van der Waals surface area contributed by atoms with Gasteiger partial charge in [0.15, 0.2) is 0 Å². The molecule has 0 heterocycles. The Kier molecular flexibility index (Phi) is 18.1. The normalized spacial score (nSPS) is 20.9. The van der Waals surface area contributed by atoms with Gasteiger partial charge in [-0.25, -0.2) is 0 Å². The van der Waals surface area contributed by atoms with Gasteiger partial charge < -0.3 is 0 Å². The predicted octanol–water partition coefficient (Wildman–Crippen LogP) is 5.13. The summed E-state index contributed by atoms with van der Waals surface area (Å²) >= 11 is 41.0. The van der Waals surface area contributed by atoms with Gasteiger partial charge in [-0.15, -0.1) is 0 Å². The van der Waals surface area contributed by atoms with E-state index < -0.39 is 0 Å². The van der Waals surface area contributed by atoms with Crippen LogP contribution in [0.15, 0.2) is 0 Å². The lowest BCUT2D eigenvalue weighted by Gasteiger charge is -2.28. The van der Waals surface area contributed by atoms with Crippen LogP contribution in [0.3, 0.4) is 0 Å². The third-order valence-electron chi connectivity index (χ3n) is 3.92. The summed E-state index contributed by atoms with van der Waals surface area (Å²) in [6.45, 7) is 0. The van der Waals surface area contributed by atoms with Crippen molar-refractivity contribution in [3.05, 3.63) is 0 Å². The summed E-state index contributed by atoms with van der Waals surface area (Å²) in [4.78, 5) is 0. The topological polar surface area (TPSA) is 0 Å². The van der Waals surface area contributed by atoms with Crippen LogP contribution in [0.1, 0.15) is 32.1 Å². The van der Waals surface area contributed by atoms with E-state index in [4.69, 9.17) is 37.9 Å². The van der Waals surface area contributed by atoms with Crippen LogP contribution in [-0.4, -0.2) is 48.8 Å². The van der Waals surface area contributed by atoms with Crippen molar-refractivity contribution >= 4 is 114 Å². The van der Waals surface area contributed by atoms with Gasteiger partial charge in [-0.3, -0.25) is 0 Å². The Morgan fingerprint density at radius 2 is 0.792 bits per heavy atom. The molecular formula is C15H32S9. The minimum atomic E-state index is 0.270. The van der Waals surface area contributed by atoms with E-state index in [0.29, 0.717) is 26.9 Å². The zero-order valence-corrected chi connectivity index (χ0v) is 21.8. The van der Waals surface area contributed by atoms with Gasteiger partial charge in [-0.1, -0.05) is 0 Å². The monoisotopic (exact) mass is 500 g/mol. The van der Waals surface area contributed by atoms with Crippen LogP contribution in [0.2, 0.25) is 0 Å². The van der Waals surface area contributed by atoms with Gasteiger partial charge in [0, 0.05) is 43.0 Å². The third kappa shape index (κ3) is 13.3. The molecule has 0 rings (SSSR count). The quantitative estimate of drug-likeness (QED) is 0.145. The molecule has 0 aliphatic heterocycles. The second kappa shape index (κ2) is 16.0. The molecule has 0 amide bonds. The Hall–Kier alpha value is 3.15. The average molecular weight is 501 g/mol. The van der Waals surface area contributed by atoms with Crippen molar-refractivity contribution in [1.29, 1.82) is 0 Å². The molecule has 0 aliphatic carbocycles. The lowest BCUT2D eigenvalue weighted by molar-refractivity contribution is 0.472. The molecule has 0 aromatic rings. The highest BCUT2D eigenvalue weighted by Crippen LogP contribution is 2.30. The molecular weight excluding hydrogens is 469 g/mol. The minimum absolute atomic E-state index is 0.270. The Labute approximate surface area is 198 Å². The smallest absolute Gasteiger partial charge is 0.0115 e. The summed E-state index contributed by atoms with van der Waals surface area (Å²) in [5.41, 5.74) is 0. The molecule has 7 unspecified atom stereocenters. The Balaban J connectivity index is 4.30. The second-order valence-electron chi connectivity index (χ2n) is 6.32. The van der Waals surface area contributed by atoms with Crippen LogP contribution in [0.5, 0.6) is 0 Å². The Morgan fingerprint density at radius 1 is 0.417 bits per heavy atom. The SMILES string of the molecule is SCC(S)CC(S)CC(S)CC(S)C(CS)CC(S)CC(S)CS. The average Bonchev–Trinajstić information content (AvgIpc) is 2.51. The lowest BCUT2D eigenvalue weighted by atomic mass is 9.94. The molecule has 0 saturated heterocycles. The molecule has 0 aliphatic rings. The van der Waals surface area contributed by atoms with Crippen molar-refractivity contribution in [3.8, 4) is 0 Å². The fourth-order valence-electron chi connectivity index (χ4n) is 2.55. The third-order valence-corrected chi connectivity index (χ3v) is 8.53. The summed E-state index contributed by atoms with van der Waals surface area (Å²) in [5.74, 6) is 2.78. The highest BCUT2D eigenvalue weighted by molar-refractivity contribution is 7.85. The molecule has 0 aromatic heterocycles. The van der Waals surface area contributed by atoms with Crippen molar-refractivity contribution in [1.82, 2.24) is 0 Å². The standard InChI is InChI=1S/C15H32S9/c16-6-9(1-10(19)3-13(22)7-17)15(24)5-12(21)2-11(20)4-14(23)8-18/h9-24H,1-8H2. The Morgan fingerprint density at radius 3 is 1.21 bits per heavy atom. The Bertz CT molecular complexity index is 305. The van der Waals surface area contributed by atoms with Crippen molar-refractivity contribution in [3.63, 3.8) is 0 Å². The predicted molar refractivity (Wildman–Crippen MR) is 145 cm³/mol. The van der Waals surface area contributed by atoms with Crippen molar-refractivity contribution in [2.45, 2.75) is 63.6 Å². The van der Waals surface area contributed by atoms with E-state index in [2.05, 4.69) is 75.8 Å². The molecule has 0 fully saturated rings. The van der Waals surface area contributed by atoms with E-state index in [9.17, 15) is 0 Å². The van der Waals surface area contributed by atoms with Crippen molar-refractivity contribution < 1.29 is 0 Å². The van der Waals surface area contributed by atoms with E-state index in [-0.39, 0.29) is 10.5 Å². The molecule has 0 bridgehead atoms. The summed E-state index contributed by atoms with van der Waals surface area (Å²) in [6, 6.07) is 0. The van der Waals surface area contributed by atoms with Gasteiger partial charge in [0.25, 0.3) is 0 Å². The highest BCUT2D eigenvalue weighted by Gasteiger charge is 2.24. The molecule has 0 spiro atoms. The first-order valence-corrected chi connectivity index (χ1v) is 13.1. The van der Waals surface area contributed by atoms with Gasteiger partial charge in [-0.2, -0.15) is 114 Å². The zero-order chi connectivity index (χ0) is 18.7. The van der Waals surface area contributed by atoms with Gasteiger partial charge in [-0.05, 0) is 43.8 Å². The second-order valence-corrected chi connectivity index (χ2v) is 11.7. The maximum Gasteiger partial charge on any atom is 0.0115 e. The van der Waals surface area contributed by atoms with E-state index in [0.717, 1.165) is 49.4 Å². The molecule has 146 valence electrons. The maximum atomic E-state index is 4.83. The van der Waals surface area contributed by atoms with E-state index in [1.165, 1.54) is 0 Å². The first-order valence-electron chi connectivity index (χ1n) is 8.14. The van der Waals surface area contributed by atoms with Crippen LogP contribution in [-0.2, 0) is 0 Å². The fourth-order valence-corrected chi connectivity index (χ4v) is 6.59. The maximum absolute atomic E-state index is 4.83. The summed E-state index contributed by atoms with van der Waals surface area (Å²) in [5, 5.41) is 1.74. The van der Waals surface area contributed by atoms with Gasteiger partial charge in [0.2, 0.25) is 0 Å². The lowest BCUT2D eigenvalue weighted by Crippen LogP contribution is -2.26. The van der Waals surface area contributed by atoms with Gasteiger partial charge in [0.1, 0.15) is 0 Å². The summed E-state index contributed by atoms with van der Waals surface area (Å²) in [6.07, 6.45) is 4.80. The molecule has 0 radical (unpaired) electrons. The number of thiol groups is 9. The van der Waals surface area contributed by atoms with Crippen LogP contribution in [0, 0.1) is 5.92 Å². The molecule has 0 aromatic carbocycles. The molecule has 24 heavy (non-hydrogen) atoms. The molecule has 0 N–H and O–H groups in total. The van der Waals surface area contributed by atoms with Crippen LogP contribution < -0.4 is 0 Å². The number of hydrogen-bond donors (Lipinski definition) is 9. The van der Waals surface area contributed by atoms with Crippen LogP contribution in [0.4, 0.5) is 0 Å². The molecule has 0 nitrogen and oxygen atoms in total. The number of hydrogen-bond acceptors (Lipinski definition) is 9. The first-order chi connectivity index (χ1) is 11.2. The number of rotatable bonds is 14. The fraction of sp³-hybridized carbons (Fsp3) is 1.00. The van der Waals surface area contributed by atoms with Crippen molar-refractivity contribution in [2.24, 2.45) is 5.92 Å². The van der Waals surface area contributed by atoms with Gasteiger partial charge in [0.05, 0.1) is 0 Å². The van der Waals surface area contributed by atoms with E-state index in [1.807, 2.05) is 0 Å². The summed E-state index contributed by atoms with van der Waals surface area (Å²) < 4.78 is 0. The molecule has 9 heteroatoms. The zero-order valence-electron chi connectivity index (χ0n) is 13.7. The highest BCUT2D eigenvalue weighted by atomic mass is 32.1. The van der Waals surface area contributed by atoms with Crippen LogP contribution in [0.25, 0.3) is 0 Å². The molecule has 7 atom stereocenters. The first kappa shape index (κ1) is 27.1. The van der Waals surface area contributed by atoms with Crippen molar-refractivity contribution in [2.75, 3.05) is 17.3 Å². The molecule has 0 saturated carbocycles. The van der Waals surface area contributed by atoms with E-state index in [1.54, 1.807) is 0 Å². The summed E-state index contributed by atoms with van der Waals surface area (Å²) in [7, 11) is 0. The van der Waals surface area contributed by atoms with Crippen LogP contribution >= 0.6 is 114 Å².